The maximum atomic E-state index is 10.4. The standard InChI is InChI=1S/C8H8ClNO3/c9-4-3-6-1-2-8(11)7(5-6)10(12)13/h1-2,5,11H,3-4H2. The summed E-state index contributed by atoms with van der Waals surface area (Å²) in [6.07, 6.45) is 0.558. The Hall–Kier alpha value is -1.29. The molecule has 1 N–H and O–H groups in total. The lowest BCUT2D eigenvalue weighted by molar-refractivity contribution is -0.385. The van der Waals surface area contributed by atoms with Crippen LogP contribution in [-0.4, -0.2) is 15.9 Å². The van der Waals surface area contributed by atoms with Gasteiger partial charge < -0.3 is 5.11 Å². The summed E-state index contributed by atoms with van der Waals surface area (Å²) in [6, 6.07) is 4.25. The predicted molar refractivity (Wildman–Crippen MR) is 49.2 cm³/mol. The molecule has 0 spiro atoms. The normalized spacial score (nSPS) is 9.92. The summed E-state index contributed by atoms with van der Waals surface area (Å²) in [5, 5.41) is 19.5. The van der Waals surface area contributed by atoms with Crippen molar-refractivity contribution in [2.45, 2.75) is 6.42 Å². The monoisotopic (exact) mass is 201 g/mol. The number of phenolic OH excluding ortho intramolecular Hbond substituents is 1. The van der Waals surface area contributed by atoms with Crippen molar-refractivity contribution in [3.63, 3.8) is 0 Å². The summed E-state index contributed by atoms with van der Waals surface area (Å²) in [5.41, 5.74) is 0.474. The molecular formula is C8H8ClNO3. The Morgan fingerprint density at radius 2 is 2.23 bits per heavy atom. The number of aryl methyl sites for hydroxylation is 1. The Morgan fingerprint density at radius 1 is 1.54 bits per heavy atom. The number of aromatic hydroxyl groups is 1. The number of alkyl halides is 1. The largest absolute Gasteiger partial charge is 0.502 e. The van der Waals surface area contributed by atoms with Crippen molar-refractivity contribution < 1.29 is 10.0 Å². The topological polar surface area (TPSA) is 63.4 Å². The number of benzene rings is 1. The fourth-order valence-electron chi connectivity index (χ4n) is 0.980. The molecule has 13 heavy (non-hydrogen) atoms. The first-order valence-electron chi connectivity index (χ1n) is 3.67. The molecule has 0 heterocycles. The lowest BCUT2D eigenvalue weighted by Gasteiger charge is -1.99. The molecular weight excluding hydrogens is 194 g/mol. The van der Waals surface area contributed by atoms with Crippen molar-refractivity contribution in [2.24, 2.45) is 0 Å². The third-order valence-corrected chi connectivity index (χ3v) is 1.81. The summed E-state index contributed by atoms with van der Waals surface area (Å²) in [5.74, 6) is 0.0883. The smallest absolute Gasteiger partial charge is 0.310 e. The molecule has 0 amide bonds. The third kappa shape index (κ3) is 2.32. The first-order valence-corrected chi connectivity index (χ1v) is 4.21. The van der Waals surface area contributed by atoms with E-state index < -0.39 is 4.92 Å². The van der Waals surface area contributed by atoms with E-state index in [1.54, 1.807) is 6.07 Å². The number of hydrogen-bond donors (Lipinski definition) is 1. The van der Waals surface area contributed by atoms with E-state index in [0.717, 1.165) is 5.56 Å². The third-order valence-electron chi connectivity index (χ3n) is 1.62. The zero-order valence-corrected chi connectivity index (χ0v) is 7.49. The molecule has 0 aliphatic heterocycles. The molecule has 0 fully saturated rings. The molecule has 1 rings (SSSR count). The Labute approximate surface area is 79.9 Å². The lowest BCUT2D eigenvalue weighted by atomic mass is 10.1. The van der Waals surface area contributed by atoms with Crippen LogP contribution in [0.25, 0.3) is 0 Å². The fourth-order valence-corrected chi connectivity index (χ4v) is 1.20. The van der Waals surface area contributed by atoms with E-state index in [2.05, 4.69) is 0 Å². The minimum atomic E-state index is -0.618. The van der Waals surface area contributed by atoms with Gasteiger partial charge in [0.05, 0.1) is 4.92 Å². The van der Waals surface area contributed by atoms with Crippen molar-refractivity contribution in [1.29, 1.82) is 0 Å². The van der Waals surface area contributed by atoms with E-state index in [4.69, 9.17) is 16.7 Å². The predicted octanol–water partition coefficient (Wildman–Crippen LogP) is 2.08. The van der Waals surface area contributed by atoms with Gasteiger partial charge in [-0.05, 0) is 18.1 Å². The van der Waals surface area contributed by atoms with Gasteiger partial charge in [-0.2, -0.15) is 0 Å². The van der Waals surface area contributed by atoms with Crippen LogP contribution >= 0.6 is 11.6 Å². The molecule has 0 bridgehead atoms. The zero-order valence-electron chi connectivity index (χ0n) is 6.74. The first kappa shape index (κ1) is 9.80. The van der Waals surface area contributed by atoms with Crippen LogP contribution in [0.2, 0.25) is 0 Å². The van der Waals surface area contributed by atoms with Gasteiger partial charge in [0.15, 0.2) is 5.75 Å². The van der Waals surface area contributed by atoms with Crippen LogP contribution in [0.3, 0.4) is 0 Å². The van der Waals surface area contributed by atoms with Gasteiger partial charge in [-0.3, -0.25) is 10.1 Å². The van der Waals surface area contributed by atoms with Crippen molar-refractivity contribution in [3.8, 4) is 5.75 Å². The second-order valence-electron chi connectivity index (χ2n) is 2.52. The van der Waals surface area contributed by atoms with Crippen LogP contribution < -0.4 is 0 Å². The van der Waals surface area contributed by atoms with Crippen molar-refractivity contribution in [2.75, 3.05) is 5.88 Å². The molecule has 4 nitrogen and oxygen atoms in total. The maximum Gasteiger partial charge on any atom is 0.310 e. The van der Waals surface area contributed by atoms with Gasteiger partial charge in [0, 0.05) is 11.9 Å². The van der Waals surface area contributed by atoms with Crippen LogP contribution in [0, 0.1) is 10.1 Å². The van der Waals surface area contributed by atoms with E-state index >= 15 is 0 Å². The average Bonchev–Trinajstić information content (AvgIpc) is 2.08. The van der Waals surface area contributed by atoms with Gasteiger partial charge in [0.1, 0.15) is 0 Å². The van der Waals surface area contributed by atoms with E-state index in [1.165, 1.54) is 12.1 Å². The second kappa shape index (κ2) is 4.09. The number of halogens is 1. The van der Waals surface area contributed by atoms with E-state index in [0.29, 0.717) is 12.3 Å². The Morgan fingerprint density at radius 3 is 2.77 bits per heavy atom. The van der Waals surface area contributed by atoms with Gasteiger partial charge >= 0.3 is 5.69 Å². The van der Waals surface area contributed by atoms with Crippen molar-refractivity contribution in [3.05, 3.63) is 33.9 Å². The number of phenols is 1. The van der Waals surface area contributed by atoms with E-state index in [1.807, 2.05) is 0 Å². The summed E-state index contributed by atoms with van der Waals surface area (Å²) >= 11 is 5.48. The maximum absolute atomic E-state index is 10.4. The van der Waals surface area contributed by atoms with Gasteiger partial charge in [-0.25, -0.2) is 0 Å². The summed E-state index contributed by atoms with van der Waals surface area (Å²) in [6.45, 7) is 0. The number of rotatable bonds is 3. The number of nitrogens with zero attached hydrogens (tertiary/aromatic N) is 1. The highest BCUT2D eigenvalue weighted by molar-refractivity contribution is 6.17. The summed E-state index contributed by atoms with van der Waals surface area (Å²) in [4.78, 5) is 9.77. The van der Waals surface area contributed by atoms with E-state index in [-0.39, 0.29) is 11.4 Å². The molecule has 0 aromatic heterocycles. The highest BCUT2D eigenvalue weighted by atomic mass is 35.5. The molecule has 5 heteroatoms. The number of hydrogen-bond acceptors (Lipinski definition) is 3. The summed E-state index contributed by atoms with van der Waals surface area (Å²) < 4.78 is 0. The molecule has 1 aromatic carbocycles. The molecule has 1 aromatic rings. The molecule has 0 radical (unpaired) electrons. The molecule has 0 aliphatic carbocycles. The first-order chi connectivity index (χ1) is 6.15. The Balaban J connectivity index is 3.04. The average molecular weight is 202 g/mol. The van der Waals surface area contributed by atoms with E-state index in [9.17, 15) is 10.1 Å². The fraction of sp³-hybridized carbons (Fsp3) is 0.250. The lowest BCUT2D eigenvalue weighted by Crippen LogP contribution is -1.92. The van der Waals surface area contributed by atoms with Crippen LogP contribution in [0.4, 0.5) is 5.69 Å². The number of nitro groups is 1. The second-order valence-corrected chi connectivity index (χ2v) is 2.90. The van der Waals surface area contributed by atoms with Gasteiger partial charge in [0.2, 0.25) is 0 Å². The molecule has 70 valence electrons. The van der Waals surface area contributed by atoms with Crippen LogP contribution in [-0.2, 0) is 6.42 Å². The van der Waals surface area contributed by atoms with Crippen molar-refractivity contribution in [1.82, 2.24) is 0 Å². The SMILES string of the molecule is O=[N+]([O-])c1cc(CCCl)ccc1O. The van der Waals surface area contributed by atoms with Gasteiger partial charge in [-0.1, -0.05) is 6.07 Å². The van der Waals surface area contributed by atoms with Gasteiger partial charge in [0.25, 0.3) is 0 Å². The highest BCUT2D eigenvalue weighted by Gasteiger charge is 2.12. The van der Waals surface area contributed by atoms with Gasteiger partial charge in [-0.15, -0.1) is 11.6 Å². The Kier molecular flexibility index (Phi) is 3.08. The van der Waals surface area contributed by atoms with Crippen molar-refractivity contribution >= 4 is 17.3 Å². The quantitative estimate of drug-likeness (QED) is 0.463. The number of nitro benzene ring substituents is 1. The molecule has 0 atom stereocenters. The molecule has 0 saturated heterocycles. The van der Waals surface area contributed by atoms with Crippen LogP contribution in [0.15, 0.2) is 18.2 Å². The zero-order chi connectivity index (χ0) is 9.84. The minimum absolute atomic E-state index is 0.275. The molecule has 0 saturated carbocycles. The van der Waals surface area contributed by atoms with Crippen LogP contribution in [0.1, 0.15) is 5.56 Å². The minimum Gasteiger partial charge on any atom is -0.502 e. The molecule has 0 aliphatic rings. The Bertz CT molecular complexity index is 327. The molecule has 0 unspecified atom stereocenters. The summed E-state index contributed by atoms with van der Waals surface area (Å²) in [7, 11) is 0. The highest BCUT2D eigenvalue weighted by Crippen LogP contribution is 2.26. The van der Waals surface area contributed by atoms with Crippen LogP contribution in [0.5, 0.6) is 5.75 Å².